The molecule has 2 aromatic rings. The highest BCUT2D eigenvalue weighted by Crippen LogP contribution is 2.25. The van der Waals surface area contributed by atoms with Crippen LogP contribution >= 0.6 is 11.6 Å². The molecule has 4 amide bonds. The third kappa shape index (κ3) is 6.01. The molecular weight excluding hydrogens is 442 g/mol. The van der Waals surface area contributed by atoms with Crippen molar-refractivity contribution >= 4 is 41.0 Å². The van der Waals surface area contributed by atoms with Gasteiger partial charge in [-0.3, -0.25) is 9.59 Å². The van der Waals surface area contributed by atoms with Gasteiger partial charge in [0.05, 0.1) is 5.02 Å². The summed E-state index contributed by atoms with van der Waals surface area (Å²) in [6.07, 6.45) is 4.06. The maximum absolute atomic E-state index is 13.0. The molecular formula is C24H28ClN5O3. The number of nitrogens with one attached hydrogen (secondary N) is 2. The minimum atomic E-state index is -0.143. The number of carbonyl (C=O) groups is 3. The molecule has 0 spiro atoms. The number of carbonyl (C=O) groups excluding carboxylic acids is 3. The van der Waals surface area contributed by atoms with Crippen molar-refractivity contribution in [3.05, 3.63) is 53.7 Å². The summed E-state index contributed by atoms with van der Waals surface area (Å²) in [6, 6.07) is 12.6. The largest absolute Gasteiger partial charge is 0.342 e. The van der Waals surface area contributed by atoms with E-state index in [0.29, 0.717) is 62.7 Å². The van der Waals surface area contributed by atoms with Gasteiger partial charge < -0.3 is 20.4 Å². The maximum Gasteiger partial charge on any atom is 0.321 e. The van der Waals surface area contributed by atoms with E-state index in [1.54, 1.807) is 17.0 Å². The lowest BCUT2D eigenvalue weighted by Crippen LogP contribution is -2.48. The molecule has 4 rings (SSSR count). The fourth-order valence-corrected chi connectivity index (χ4v) is 4.46. The van der Waals surface area contributed by atoms with Gasteiger partial charge in [-0.15, -0.1) is 0 Å². The van der Waals surface area contributed by atoms with Crippen LogP contribution in [0.15, 0.2) is 48.7 Å². The minimum absolute atomic E-state index is 0.0744. The predicted octanol–water partition coefficient (Wildman–Crippen LogP) is 3.86. The number of halogens is 1. The second kappa shape index (κ2) is 10.7. The average molecular weight is 470 g/mol. The molecule has 2 N–H and O–H groups in total. The average Bonchev–Trinajstić information content (AvgIpc) is 2.86. The monoisotopic (exact) mass is 469 g/mol. The maximum atomic E-state index is 13.0. The molecule has 1 aromatic heterocycles. The third-order valence-electron chi connectivity index (χ3n) is 6.31. The van der Waals surface area contributed by atoms with E-state index in [-0.39, 0.29) is 29.7 Å². The number of pyridine rings is 1. The van der Waals surface area contributed by atoms with Gasteiger partial charge in [-0.05, 0) is 49.9 Å². The topological polar surface area (TPSA) is 94.6 Å². The van der Waals surface area contributed by atoms with Gasteiger partial charge in [0, 0.05) is 49.9 Å². The summed E-state index contributed by atoms with van der Waals surface area (Å²) in [6.45, 7) is 2.25. The second-order valence-corrected chi connectivity index (χ2v) is 8.94. The number of aromatic nitrogens is 1. The van der Waals surface area contributed by atoms with Crippen LogP contribution in [0, 0.1) is 11.8 Å². The number of anilines is 2. The minimum Gasteiger partial charge on any atom is -0.342 e. The molecule has 0 unspecified atom stereocenters. The number of nitrogens with zero attached hydrogens (tertiary/aromatic N) is 3. The Balaban J connectivity index is 1.20. The Kier molecular flexibility index (Phi) is 7.44. The van der Waals surface area contributed by atoms with Gasteiger partial charge in [0.1, 0.15) is 5.82 Å². The lowest BCUT2D eigenvalue weighted by atomic mass is 9.91. The molecule has 2 aliphatic heterocycles. The van der Waals surface area contributed by atoms with Gasteiger partial charge >= 0.3 is 6.03 Å². The van der Waals surface area contributed by atoms with E-state index < -0.39 is 0 Å². The zero-order valence-electron chi connectivity index (χ0n) is 18.4. The number of hydrogen-bond acceptors (Lipinski definition) is 4. The number of piperidine rings is 2. The van der Waals surface area contributed by atoms with Gasteiger partial charge in [0.15, 0.2) is 0 Å². The molecule has 9 heteroatoms. The number of rotatable bonds is 4. The zero-order valence-corrected chi connectivity index (χ0v) is 19.1. The Hall–Kier alpha value is -3.13. The molecule has 2 saturated heterocycles. The SMILES string of the molecule is O=C(Nc1ccc(Cl)cn1)C1CCN(C(=O)C2CCN(C(=O)Nc3ccccc3)CC2)CC1. The van der Waals surface area contributed by atoms with Crippen molar-refractivity contribution in [1.29, 1.82) is 0 Å². The van der Waals surface area contributed by atoms with Gasteiger partial charge in [0.2, 0.25) is 11.8 Å². The highest BCUT2D eigenvalue weighted by molar-refractivity contribution is 6.30. The lowest BCUT2D eigenvalue weighted by molar-refractivity contribution is -0.139. The van der Waals surface area contributed by atoms with E-state index in [2.05, 4.69) is 15.6 Å². The molecule has 0 bridgehead atoms. The van der Waals surface area contributed by atoms with E-state index in [1.165, 1.54) is 6.20 Å². The number of likely N-dealkylation sites (tertiary alicyclic amines) is 2. The molecule has 0 atom stereocenters. The van der Waals surface area contributed by atoms with Crippen molar-refractivity contribution in [3.63, 3.8) is 0 Å². The van der Waals surface area contributed by atoms with Crippen molar-refractivity contribution < 1.29 is 14.4 Å². The molecule has 0 radical (unpaired) electrons. The molecule has 33 heavy (non-hydrogen) atoms. The normalized spacial score (nSPS) is 17.5. The summed E-state index contributed by atoms with van der Waals surface area (Å²) < 4.78 is 0. The van der Waals surface area contributed by atoms with Gasteiger partial charge in [-0.2, -0.15) is 0 Å². The van der Waals surface area contributed by atoms with Crippen LogP contribution in [0.3, 0.4) is 0 Å². The first kappa shape index (κ1) is 23.0. The summed E-state index contributed by atoms with van der Waals surface area (Å²) in [4.78, 5) is 45.7. The van der Waals surface area contributed by atoms with Crippen LogP contribution in [0.5, 0.6) is 0 Å². The summed E-state index contributed by atoms with van der Waals surface area (Å²) in [5.74, 6) is 0.321. The van der Waals surface area contributed by atoms with Crippen LogP contribution in [0.25, 0.3) is 0 Å². The number of hydrogen-bond donors (Lipinski definition) is 2. The number of para-hydroxylation sites is 1. The van der Waals surface area contributed by atoms with Crippen molar-refractivity contribution in [2.75, 3.05) is 36.8 Å². The van der Waals surface area contributed by atoms with E-state index >= 15 is 0 Å². The van der Waals surface area contributed by atoms with Crippen LogP contribution < -0.4 is 10.6 Å². The Morgan fingerprint density at radius 2 is 1.45 bits per heavy atom. The van der Waals surface area contributed by atoms with Crippen molar-refractivity contribution in [2.45, 2.75) is 25.7 Å². The molecule has 3 heterocycles. The lowest BCUT2D eigenvalue weighted by Gasteiger charge is -2.37. The molecule has 0 aliphatic carbocycles. The standard InChI is InChI=1S/C24H28ClN5O3/c25-19-6-7-21(26-16-19)28-22(31)17-8-12-29(13-9-17)23(32)18-10-14-30(15-11-18)24(33)27-20-4-2-1-3-5-20/h1-7,16-18H,8-15H2,(H,27,33)(H,26,28,31). The molecule has 8 nitrogen and oxygen atoms in total. The highest BCUT2D eigenvalue weighted by Gasteiger charge is 2.33. The molecule has 174 valence electrons. The van der Waals surface area contributed by atoms with Crippen LogP contribution in [0.4, 0.5) is 16.3 Å². The zero-order chi connectivity index (χ0) is 23.2. The quantitative estimate of drug-likeness (QED) is 0.710. The van der Waals surface area contributed by atoms with Crippen molar-refractivity contribution in [3.8, 4) is 0 Å². The molecule has 0 saturated carbocycles. The van der Waals surface area contributed by atoms with E-state index in [0.717, 1.165) is 5.69 Å². The second-order valence-electron chi connectivity index (χ2n) is 8.51. The summed E-state index contributed by atoms with van der Waals surface area (Å²) in [5.41, 5.74) is 0.763. The Morgan fingerprint density at radius 1 is 0.818 bits per heavy atom. The van der Waals surface area contributed by atoms with Crippen LogP contribution in [0.2, 0.25) is 5.02 Å². The first-order chi connectivity index (χ1) is 16.0. The van der Waals surface area contributed by atoms with Gasteiger partial charge in [-0.1, -0.05) is 29.8 Å². The summed E-state index contributed by atoms with van der Waals surface area (Å²) in [5, 5.41) is 6.24. The first-order valence-corrected chi connectivity index (χ1v) is 11.7. The number of urea groups is 1. The predicted molar refractivity (Wildman–Crippen MR) is 127 cm³/mol. The van der Waals surface area contributed by atoms with E-state index in [9.17, 15) is 14.4 Å². The van der Waals surface area contributed by atoms with Crippen molar-refractivity contribution in [2.24, 2.45) is 11.8 Å². The van der Waals surface area contributed by atoms with Crippen molar-refractivity contribution in [1.82, 2.24) is 14.8 Å². The molecule has 2 fully saturated rings. The van der Waals surface area contributed by atoms with Crippen LogP contribution in [-0.2, 0) is 9.59 Å². The third-order valence-corrected chi connectivity index (χ3v) is 6.54. The fraction of sp³-hybridized carbons (Fsp3) is 0.417. The van der Waals surface area contributed by atoms with Gasteiger partial charge in [0.25, 0.3) is 0 Å². The Bertz CT molecular complexity index is 969. The van der Waals surface area contributed by atoms with E-state index in [1.807, 2.05) is 35.2 Å². The Morgan fingerprint density at radius 3 is 2.09 bits per heavy atom. The van der Waals surface area contributed by atoms with E-state index in [4.69, 9.17) is 11.6 Å². The number of benzene rings is 1. The molecule has 1 aromatic carbocycles. The molecule has 2 aliphatic rings. The first-order valence-electron chi connectivity index (χ1n) is 11.3. The summed E-state index contributed by atoms with van der Waals surface area (Å²) in [7, 11) is 0. The fourth-order valence-electron chi connectivity index (χ4n) is 4.35. The Labute approximate surface area is 198 Å². The summed E-state index contributed by atoms with van der Waals surface area (Å²) >= 11 is 5.83. The smallest absolute Gasteiger partial charge is 0.321 e. The van der Waals surface area contributed by atoms with Crippen LogP contribution in [-0.4, -0.2) is 58.8 Å². The highest BCUT2D eigenvalue weighted by atomic mass is 35.5. The van der Waals surface area contributed by atoms with Gasteiger partial charge in [-0.25, -0.2) is 9.78 Å². The number of amides is 4. The van der Waals surface area contributed by atoms with Crippen LogP contribution in [0.1, 0.15) is 25.7 Å².